The van der Waals surface area contributed by atoms with Gasteiger partial charge in [0.2, 0.25) is 11.8 Å². The summed E-state index contributed by atoms with van der Waals surface area (Å²) in [7, 11) is 0. The standard InChI is InChI=1S/C23H28N4O5/c24-16-8-11-32-20(16)13-6-9-26(10-7-13)12-14-2-1-3-15-19(14)23(31)27(22(15)30)17-4-5-18(28)25-21(17)29/h1-3,13,16-17,20H,4-12,24H2,(H,25,28,29)/t16-,17?,20+/m1/s1. The summed E-state index contributed by atoms with van der Waals surface area (Å²) >= 11 is 0. The van der Waals surface area contributed by atoms with Gasteiger partial charge in [-0.1, -0.05) is 12.1 Å². The highest BCUT2D eigenvalue weighted by Gasteiger charge is 2.45. The fraction of sp³-hybridized carbons (Fsp3) is 0.565. The molecule has 3 atom stereocenters. The Kier molecular flexibility index (Phi) is 5.56. The van der Waals surface area contributed by atoms with E-state index in [1.54, 1.807) is 12.1 Å². The quantitative estimate of drug-likeness (QED) is 0.651. The SMILES string of the molecule is N[C@@H]1CCO[C@H]1C1CCN(Cc2cccc3c2C(=O)N(C2CCC(=O)NC2=O)C3=O)CC1. The highest BCUT2D eigenvalue weighted by molar-refractivity contribution is 6.24. The number of hydrogen-bond donors (Lipinski definition) is 2. The molecule has 9 nitrogen and oxygen atoms in total. The Bertz CT molecular complexity index is 971. The summed E-state index contributed by atoms with van der Waals surface area (Å²) in [4.78, 5) is 53.3. The van der Waals surface area contributed by atoms with E-state index in [0.29, 0.717) is 23.6 Å². The van der Waals surface area contributed by atoms with Gasteiger partial charge in [0.25, 0.3) is 11.8 Å². The third-order valence-corrected chi connectivity index (χ3v) is 7.23. The maximum Gasteiger partial charge on any atom is 0.262 e. The second-order valence-electron chi connectivity index (χ2n) is 9.19. The number of piperidine rings is 2. The number of benzene rings is 1. The second-order valence-corrected chi connectivity index (χ2v) is 9.19. The summed E-state index contributed by atoms with van der Waals surface area (Å²) in [5.74, 6) is -1.43. The minimum absolute atomic E-state index is 0.111. The molecule has 1 aromatic rings. The molecule has 170 valence electrons. The van der Waals surface area contributed by atoms with Gasteiger partial charge < -0.3 is 10.5 Å². The van der Waals surface area contributed by atoms with E-state index in [1.807, 2.05) is 6.07 Å². The fourth-order valence-corrected chi connectivity index (χ4v) is 5.51. The summed E-state index contributed by atoms with van der Waals surface area (Å²) < 4.78 is 5.84. The highest BCUT2D eigenvalue weighted by Crippen LogP contribution is 2.32. The molecule has 0 radical (unpaired) electrons. The van der Waals surface area contributed by atoms with Gasteiger partial charge in [-0.25, -0.2) is 0 Å². The molecule has 1 aromatic carbocycles. The summed E-state index contributed by atoms with van der Waals surface area (Å²) in [6.07, 6.45) is 3.30. The number of ether oxygens (including phenoxy) is 1. The Morgan fingerprint density at radius 3 is 2.50 bits per heavy atom. The van der Waals surface area contributed by atoms with Crippen molar-refractivity contribution >= 4 is 23.6 Å². The van der Waals surface area contributed by atoms with Crippen LogP contribution in [0.2, 0.25) is 0 Å². The molecule has 0 aromatic heterocycles. The minimum atomic E-state index is -0.945. The van der Waals surface area contributed by atoms with E-state index in [9.17, 15) is 19.2 Å². The number of imide groups is 2. The van der Waals surface area contributed by atoms with Gasteiger partial charge in [0, 0.05) is 25.6 Å². The number of hydrogen-bond acceptors (Lipinski definition) is 7. The number of nitrogens with one attached hydrogen (secondary N) is 1. The fourth-order valence-electron chi connectivity index (χ4n) is 5.51. The lowest BCUT2D eigenvalue weighted by atomic mass is 9.87. The van der Waals surface area contributed by atoms with Gasteiger partial charge >= 0.3 is 0 Å². The summed E-state index contributed by atoms with van der Waals surface area (Å²) in [5.41, 5.74) is 7.70. The molecule has 4 heterocycles. The zero-order valence-corrected chi connectivity index (χ0v) is 17.9. The van der Waals surface area contributed by atoms with Crippen molar-refractivity contribution in [3.8, 4) is 0 Å². The first-order valence-electron chi connectivity index (χ1n) is 11.4. The van der Waals surface area contributed by atoms with Gasteiger partial charge in [-0.2, -0.15) is 0 Å². The number of nitrogens with zero attached hydrogens (tertiary/aromatic N) is 2. The van der Waals surface area contributed by atoms with Gasteiger partial charge in [-0.15, -0.1) is 0 Å². The number of likely N-dealkylation sites (tertiary alicyclic amines) is 1. The predicted octanol–water partition coefficient (Wildman–Crippen LogP) is 0.416. The van der Waals surface area contributed by atoms with Crippen molar-refractivity contribution in [1.82, 2.24) is 15.1 Å². The molecule has 32 heavy (non-hydrogen) atoms. The normalized spacial score (nSPS) is 29.5. The lowest BCUT2D eigenvalue weighted by molar-refractivity contribution is -0.136. The monoisotopic (exact) mass is 440 g/mol. The Hall–Kier alpha value is -2.62. The Labute approximate surface area is 186 Å². The zero-order valence-electron chi connectivity index (χ0n) is 17.9. The van der Waals surface area contributed by atoms with Crippen LogP contribution in [0.4, 0.5) is 0 Å². The molecular weight excluding hydrogens is 412 g/mol. The first-order valence-corrected chi connectivity index (χ1v) is 11.4. The van der Waals surface area contributed by atoms with E-state index in [4.69, 9.17) is 10.5 Å². The van der Waals surface area contributed by atoms with Crippen molar-refractivity contribution in [1.29, 1.82) is 0 Å². The van der Waals surface area contributed by atoms with E-state index >= 15 is 0 Å². The second kappa shape index (κ2) is 8.38. The van der Waals surface area contributed by atoms with Crippen molar-refractivity contribution in [3.63, 3.8) is 0 Å². The summed E-state index contributed by atoms with van der Waals surface area (Å²) in [5, 5.41) is 2.23. The van der Waals surface area contributed by atoms with Crippen LogP contribution in [0.25, 0.3) is 0 Å². The van der Waals surface area contributed by atoms with Gasteiger partial charge in [-0.05, 0) is 56.3 Å². The maximum atomic E-state index is 13.2. The number of carbonyl (C=O) groups excluding carboxylic acids is 4. The van der Waals surface area contributed by atoms with Crippen LogP contribution in [0.1, 0.15) is 58.4 Å². The Morgan fingerprint density at radius 1 is 1.03 bits per heavy atom. The molecule has 5 rings (SSSR count). The lowest BCUT2D eigenvalue weighted by Crippen LogP contribution is -2.54. The van der Waals surface area contributed by atoms with Crippen LogP contribution in [-0.2, 0) is 20.9 Å². The molecule has 4 aliphatic rings. The molecule has 0 aliphatic carbocycles. The highest BCUT2D eigenvalue weighted by atomic mass is 16.5. The van der Waals surface area contributed by atoms with Crippen molar-refractivity contribution in [2.75, 3.05) is 19.7 Å². The third-order valence-electron chi connectivity index (χ3n) is 7.23. The van der Waals surface area contributed by atoms with Crippen LogP contribution in [-0.4, -0.2) is 71.3 Å². The van der Waals surface area contributed by atoms with Crippen molar-refractivity contribution in [3.05, 3.63) is 34.9 Å². The molecule has 4 amide bonds. The first kappa shape index (κ1) is 21.2. The Balaban J connectivity index is 1.30. The van der Waals surface area contributed by atoms with E-state index in [0.717, 1.165) is 49.4 Å². The third kappa shape index (κ3) is 3.64. The molecule has 3 N–H and O–H groups in total. The molecule has 9 heteroatoms. The average molecular weight is 441 g/mol. The van der Waals surface area contributed by atoms with Gasteiger partial charge in [0.05, 0.1) is 17.2 Å². The Morgan fingerprint density at radius 2 is 1.81 bits per heavy atom. The van der Waals surface area contributed by atoms with E-state index in [2.05, 4.69) is 10.2 Å². The summed E-state index contributed by atoms with van der Waals surface area (Å²) in [6.45, 7) is 3.05. The minimum Gasteiger partial charge on any atom is -0.376 e. The number of carbonyl (C=O) groups is 4. The smallest absolute Gasteiger partial charge is 0.262 e. The molecule has 0 spiro atoms. The van der Waals surface area contributed by atoms with Crippen LogP contribution in [0, 0.1) is 5.92 Å². The molecule has 1 unspecified atom stereocenters. The van der Waals surface area contributed by atoms with E-state index < -0.39 is 23.8 Å². The van der Waals surface area contributed by atoms with E-state index in [-0.39, 0.29) is 30.9 Å². The van der Waals surface area contributed by atoms with Crippen LogP contribution in [0.3, 0.4) is 0 Å². The maximum absolute atomic E-state index is 13.2. The molecule has 3 saturated heterocycles. The largest absolute Gasteiger partial charge is 0.376 e. The molecule has 4 aliphatic heterocycles. The van der Waals surface area contributed by atoms with Crippen LogP contribution < -0.4 is 11.1 Å². The predicted molar refractivity (Wildman–Crippen MR) is 113 cm³/mol. The number of fused-ring (bicyclic) bond motifs is 1. The first-order chi connectivity index (χ1) is 15.4. The van der Waals surface area contributed by atoms with Crippen LogP contribution >= 0.6 is 0 Å². The number of rotatable bonds is 4. The molecule has 3 fully saturated rings. The lowest BCUT2D eigenvalue weighted by Gasteiger charge is -2.35. The number of amides is 4. The molecule has 0 bridgehead atoms. The van der Waals surface area contributed by atoms with Gasteiger partial charge in [0.15, 0.2) is 0 Å². The van der Waals surface area contributed by atoms with Crippen LogP contribution in [0.15, 0.2) is 18.2 Å². The summed E-state index contributed by atoms with van der Waals surface area (Å²) in [6, 6.07) is 4.46. The molecular formula is C23H28N4O5. The van der Waals surface area contributed by atoms with E-state index in [1.165, 1.54) is 0 Å². The zero-order chi connectivity index (χ0) is 22.4. The van der Waals surface area contributed by atoms with Crippen molar-refractivity contribution in [2.45, 2.75) is 56.8 Å². The van der Waals surface area contributed by atoms with Crippen molar-refractivity contribution < 1.29 is 23.9 Å². The van der Waals surface area contributed by atoms with Crippen molar-refractivity contribution in [2.24, 2.45) is 11.7 Å². The van der Waals surface area contributed by atoms with Gasteiger partial charge in [0.1, 0.15) is 6.04 Å². The average Bonchev–Trinajstić information content (AvgIpc) is 3.31. The topological polar surface area (TPSA) is 122 Å². The van der Waals surface area contributed by atoms with Gasteiger partial charge in [-0.3, -0.25) is 34.3 Å². The molecule has 0 saturated carbocycles. The van der Waals surface area contributed by atoms with Crippen LogP contribution in [0.5, 0.6) is 0 Å². The number of nitrogens with two attached hydrogens (primary N) is 1.